The van der Waals surface area contributed by atoms with Crippen LogP contribution in [0.3, 0.4) is 0 Å². The first-order valence-corrected chi connectivity index (χ1v) is 13.2. The fourth-order valence-electron chi connectivity index (χ4n) is 3.67. The largest absolute Gasteiger partial charge is 0.0889 e. The Balaban J connectivity index is 2.79. The predicted octanol–water partition coefficient (Wildman–Crippen LogP) is 10.7. The zero-order chi connectivity index (χ0) is 23.7. The minimum absolute atomic E-state index is 0.0510. The second-order valence-corrected chi connectivity index (χ2v) is 13.3. The molecule has 0 amide bonds. The van der Waals surface area contributed by atoms with E-state index in [9.17, 15) is 0 Å². The summed E-state index contributed by atoms with van der Waals surface area (Å²) in [4.78, 5) is 2.65. The first-order chi connectivity index (χ1) is 14.2. The molecule has 3 heteroatoms. The fourth-order valence-corrected chi connectivity index (χ4v) is 6.32. The zero-order valence-corrected chi connectivity index (χ0v) is 24.6. The quantitative estimate of drug-likeness (QED) is 0.356. The van der Waals surface area contributed by atoms with Crippen LogP contribution in [0.25, 0.3) is 9.81 Å². The number of hydrogen-bond donors (Lipinski definition) is 0. The number of benzene rings is 2. The summed E-state index contributed by atoms with van der Waals surface area (Å²) in [5.41, 5.74) is 8.09. The molecule has 0 heterocycles. The number of hydrogen-bond acceptors (Lipinski definition) is 1. The number of halogens is 2. The van der Waals surface area contributed by atoms with Crippen molar-refractivity contribution in [3.8, 4) is 0 Å². The van der Waals surface area contributed by atoms with Crippen LogP contribution >= 0.6 is 43.6 Å². The third-order valence-corrected chi connectivity index (χ3v) is 8.16. The van der Waals surface area contributed by atoms with Crippen LogP contribution in [0.4, 0.5) is 0 Å². The second kappa shape index (κ2) is 10.0. The van der Waals surface area contributed by atoms with Crippen LogP contribution in [0.5, 0.6) is 0 Å². The second-order valence-electron chi connectivity index (χ2n) is 10.6. The molecule has 0 bridgehead atoms. The Bertz CT molecular complexity index is 936. The molecular weight excluding hydrogens is 528 g/mol. The molecule has 0 radical (unpaired) electrons. The maximum atomic E-state index is 3.88. The van der Waals surface area contributed by atoms with E-state index in [2.05, 4.69) is 137 Å². The molecule has 31 heavy (non-hydrogen) atoms. The van der Waals surface area contributed by atoms with Gasteiger partial charge in [0.1, 0.15) is 0 Å². The van der Waals surface area contributed by atoms with E-state index in [1.807, 2.05) is 11.8 Å². The molecule has 0 N–H and O–H groups in total. The molecular formula is C28H36Br2S. The zero-order valence-electron chi connectivity index (χ0n) is 20.6. The summed E-state index contributed by atoms with van der Waals surface area (Å²) in [6.45, 7) is 22.6. The van der Waals surface area contributed by atoms with Crippen molar-refractivity contribution in [1.29, 1.82) is 0 Å². The van der Waals surface area contributed by atoms with Crippen molar-refractivity contribution in [3.63, 3.8) is 0 Å². The van der Waals surface area contributed by atoms with Crippen LogP contribution in [-0.2, 0) is 10.8 Å². The fraction of sp³-hybridized carbons (Fsp3) is 0.429. The smallest absolute Gasteiger partial charge is 0.0262 e. The molecule has 0 atom stereocenters. The molecule has 0 spiro atoms. The van der Waals surface area contributed by atoms with Crippen LogP contribution in [0.2, 0.25) is 0 Å². The van der Waals surface area contributed by atoms with Gasteiger partial charge in [0.2, 0.25) is 0 Å². The van der Waals surface area contributed by atoms with Crippen LogP contribution in [0, 0.1) is 0 Å². The van der Waals surface area contributed by atoms with Gasteiger partial charge >= 0.3 is 0 Å². The van der Waals surface area contributed by atoms with E-state index in [1.54, 1.807) is 0 Å². The minimum Gasteiger partial charge on any atom is -0.0889 e. The predicted molar refractivity (Wildman–Crippen MR) is 150 cm³/mol. The molecule has 2 aromatic rings. The van der Waals surface area contributed by atoms with Gasteiger partial charge in [-0.1, -0.05) is 121 Å². The van der Waals surface area contributed by atoms with Crippen molar-refractivity contribution in [2.75, 3.05) is 0 Å². The standard InChI is InChI=1S/C28H36Br2S/c1-17(2)25(23-19(27(5,6)7)13-11-15-21(23)29)31-26(18(3)4)24-20(28(8,9)10)14-12-16-22(24)30/h11-16H,1-10H3. The molecule has 0 aliphatic carbocycles. The number of thioether (sulfide) groups is 1. The van der Waals surface area contributed by atoms with E-state index in [0.717, 1.165) is 8.95 Å². The lowest BCUT2D eigenvalue weighted by Gasteiger charge is -2.28. The molecule has 2 aromatic carbocycles. The highest BCUT2D eigenvalue weighted by Gasteiger charge is 2.27. The molecule has 2 rings (SSSR count). The van der Waals surface area contributed by atoms with Gasteiger partial charge in [-0.05, 0) is 61.8 Å². The molecule has 0 aliphatic heterocycles. The van der Waals surface area contributed by atoms with Crippen LogP contribution < -0.4 is 0 Å². The summed E-state index contributed by atoms with van der Waals surface area (Å²) in [6.07, 6.45) is 0. The first-order valence-electron chi connectivity index (χ1n) is 10.8. The molecule has 0 fully saturated rings. The summed E-state index contributed by atoms with van der Waals surface area (Å²) < 4.78 is 2.31. The van der Waals surface area contributed by atoms with Crippen LogP contribution in [-0.4, -0.2) is 0 Å². The molecule has 0 unspecified atom stereocenters. The summed E-state index contributed by atoms with van der Waals surface area (Å²) in [6, 6.07) is 13.2. The Morgan fingerprint density at radius 3 is 1.19 bits per heavy atom. The van der Waals surface area contributed by atoms with Gasteiger partial charge in [0.25, 0.3) is 0 Å². The van der Waals surface area contributed by atoms with Crippen LogP contribution in [0.15, 0.2) is 56.5 Å². The van der Waals surface area contributed by atoms with Crippen molar-refractivity contribution in [3.05, 3.63) is 78.7 Å². The monoisotopic (exact) mass is 562 g/mol. The lowest BCUT2D eigenvalue weighted by Crippen LogP contribution is -2.15. The van der Waals surface area contributed by atoms with Crippen LogP contribution in [0.1, 0.15) is 91.5 Å². The van der Waals surface area contributed by atoms with E-state index in [4.69, 9.17) is 0 Å². The molecule has 0 nitrogen and oxygen atoms in total. The Labute approximate surface area is 211 Å². The summed E-state index contributed by atoms with van der Waals surface area (Å²) in [5.74, 6) is 0. The highest BCUT2D eigenvalue weighted by atomic mass is 79.9. The van der Waals surface area contributed by atoms with Gasteiger partial charge in [0.05, 0.1) is 0 Å². The molecule has 0 saturated heterocycles. The van der Waals surface area contributed by atoms with Crippen molar-refractivity contribution >= 4 is 53.4 Å². The average molecular weight is 564 g/mol. The SMILES string of the molecule is CC(C)=C(SC(=C(C)C)c1c(Br)cccc1C(C)(C)C)c1c(Br)cccc1C(C)(C)C. The van der Waals surface area contributed by atoms with Crippen molar-refractivity contribution in [2.45, 2.75) is 80.1 Å². The normalized spacial score (nSPS) is 12.0. The highest BCUT2D eigenvalue weighted by molar-refractivity contribution is 9.10. The third kappa shape index (κ3) is 6.18. The molecule has 168 valence electrons. The van der Waals surface area contributed by atoms with Gasteiger partial charge in [-0.15, -0.1) is 0 Å². The Hall–Kier alpha value is -0.770. The molecule has 0 aliphatic rings. The topological polar surface area (TPSA) is 0 Å². The minimum atomic E-state index is 0.0510. The maximum Gasteiger partial charge on any atom is 0.0262 e. The molecule has 0 aromatic heterocycles. The Kier molecular flexibility index (Phi) is 8.55. The number of allylic oxidation sites excluding steroid dienone is 2. The molecule has 0 saturated carbocycles. The van der Waals surface area contributed by atoms with E-state index in [1.165, 1.54) is 43.2 Å². The highest BCUT2D eigenvalue weighted by Crippen LogP contribution is 2.50. The summed E-state index contributed by atoms with van der Waals surface area (Å²) in [5, 5.41) is 0. The van der Waals surface area contributed by atoms with E-state index in [-0.39, 0.29) is 10.8 Å². The van der Waals surface area contributed by atoms with Gasteiger partial charge in [0, 0.05) is 29.9 Å². The number of rotatable bonds is 4. The third-order valence-electron chi connectivity index (χ3n) is 5.21. The van der Waals surface area contributed by atoms with Gasteiger partial charge in [-0.2, -0.15) is 0 Å². The van der Waals surface area contributed by atoms with Gasteiger partial charge in [0.15, 0.2) is 0 Å². The summed E-state index contributed by atoms with van der Waals surface area (Å²) >= 11 is 9.66. The Morgan fingerprint density at radius 2 is 0.935 bits per heavy atom. The van der Waals surface area contributed by atoms with Crippen molar-refractivity contribution in [2.24, 2.45) is 0 Å². The van der Waals surface area contributed by atoms with Gasteiger partial charge < -0.3 is 0 Å². The average Bonchev–Trinajstić information content (AvgIpc) is 2.61. The lowest BCUT2D eigenvalue weighted by molar-refractivity contribution is 0.588. The maximum absolute atomic E-state index is 3.88. The van der Waals surface area contributed by atoms with E-state index in [0.29, 0.717) is 0 Å². The van der Waals surface area contributed by atoms with Gasteiger partial charge in [-0.3, -0.25) is 0 Å². The van der Waals surface area contributed by atoms with E-state index < -0.39 is 0 Å². The van der Waals surface area contributed by atoms with Gasteiger partial charge in [-0.25, -0.2) is 0 Å². The van der Waals surface area contributed by atoms with Crippen molar-refractivity contribution in [1.82, 2.24) is 0 Å². The van der Waals surface area contributed by atoms with Crippen molar-refractivity contribution < 1.29 is 0 Å². The Morgan fingerprint density at radius 1 is 0.613 bits per heavy atom. The first kappa shape index (κ1) is 26.5. The lowest BCUT2D eigenvalue weighted by atomic mass is 9.83. The summed E-state index contributed by atoms with van der Waals surface area (Å²) in [7, 11) is 0. The van der Waals surface area contributed by atoms with E-state index >= 15 is 0 Å².